The lowest BCUT2D eigenvalue weighted by Crippen LogP contribution is -2.52. The molecule has 0 spiro atoms. The van der Waals surface area contributed by atoms with Gasteiger partial charge in [-0.15, -0.1) is 0 Å². The van der Waals surface area contributed by atoms with Gasteiger partial charge in [0, 0.05) is 13.0 Å². The fourth-order valence-corrected chi connectivity index (χ4v) is 2.61. The number of hydrogen-bond donors (Lipinski definition) is 1. The van der Waals surface area contributed by atoms with Crippen molar-refractivity contribution < 1.29 is 19.4 Å². The number of ether oxygens (including phenoxy) is 1. The minimum absolute atomic E-state index is 0.0366. The molecule has 1 aliphatic heterocycles. The quantitative estimate of drug-likeness (QED) is 0.827. The van der Waals surface area contributed by atoms with E-state index in [-0.39, 0.29) is 18.6 Å². The molecule has 3 atom stereocenters. The molecule has 1 N–H and O–H groups in total. The molecule has 1 aliphatic rings. The van der Waals surface area contributed by atoms with Crippen LogP contribution in [0, 0.1) is 11.8 Å². The van der Waals surface area contributed by atoms with Gasteiger partial charge >= 0.3 is 5.97 Å². The molecule has 5 heteroatoms. The van der Waals surface area contributed by atoms with E-state index >= 15 is 0 Å². The second kappa shape index (κ2) is 6.89. The summed E-state index contributed by atoms with van der Waals surface area (Å²) in [6.45, 7) is 8.78. The number of morpholine rings is 1. The Bertz CT molecular complexity index is 329. The maximum atomic E-state index is 12.2. The highest BCUT2D eigenvalue weighted by Crippen LogP contribution is 2.18. The van der Waals surface area contributed by atoms with E-state index in [0.29, 0.717) is 24.8 Å². The third-order valence-corrected chi connectivity index (χ3v) is 3.29. The zero-order chi connectivity index (χ0) is 14.6. The Morgan fingerprint density at radius 2 is 1.95 bits per heavy atom. The topological polar surface area (TPSA) is 66.8 Å². The van der Waals surface area contributed by atoms with Crippen molar-refractivity contribution >= 4 is 11.9 Å². The minimum Gasteiger partial charge on any atom is -0.479 e. The first kappa shape index (κ1) is 16.0. The second-order valence-electron chi connectivity index (χ2n) is 6.01. The molecule has 1 fully saturated rings. The third kappa shape index (κ3) is 5.19. The van der Waals surface area contributed by atoms with Gasteiger partial charge in [-0.05, 0) is 25.2 Å². The van der Waals surface area contributed by atoms with Crippen molar-refractivity contribution in [1.82, 2.24) is 4.90 Å². The monoisotopic (exact) mass is 271 g/mol. The lowest BCUT2D eigenvalue weighted by molar-refractivity contribution is -0.166. The Balaban J connectivity index is 2.53. The predicted molar refractivity (Wildman–Crippen MR) is 71.8 cm³/mol. The van der Waals surface area contributed by atoms with Gasteiger partial charge in [-0.25, -0.2) is 4.79 Å². The number of rotatable bonds is 5. The summed E-state index contributed by atoms with van der Waals surface area (Å²) in [5, 5.41) is 8.99. The van der Waals surface area contributed by atoms with Gasteiger partial charge in [0.05, 0.1) is 12.6 Å². The van der Waals surface area contributed by atoms with Gasteiger partial charge in [-0.2, -0.15) is 0 Å². The van der Waals surface area contributed by atoms with Crippen molar-refractivity contribution in [2.45, 2.75) is 52.7 Å². The smallest absolute Gasteiger partial charge is 0.334 e. The number of nitrogens with zero attached hydrogens (tertiary/aromatic N) is 1. The fourth-order valence-electron chi connectivity index (χ4n) is 2.61. The fraction of sp³-hybridized carbons (Fsp3) is 0.857. The van der Waals surface area contributed by atoms with Gasteiger partial charge < -0.3 is 14.7 Å². The highest BCUT2D eigenvalue weighted by atomic mass is 16.5. The molecule has 0 aromatic heterocycles. The number of hydrogen-bond acceptors (Lipinski definition) is 3. The van der Waals surface area contributed by atoms with Gasteiger partial charge in [-0.1, -0.05) is 20.8 Å². The molecule has 0 aliphatic carbocycles. The summed E-state index contributed by atoms with van der Waals surface area (Å²) in [5.74, 6) is -0.0683. The second-order valence-corrected chi connectivity index (χ2v) is 6.01. The van der Waals surface area contributed by atoms with Crippen LogP contribution in [0.25, 0.3) is 0 Å². The normalized spacial score (nSPS) is 25.4. The third-order valence-electron chi connectivity index (χ3n) is 3.29. The Hall–Kier alpha value is -1.10. The van der Waals surface area contributed by atoms with Gasteiger partial charge in [0.2, 0.25) is 5.91 Å². The number of carbonyl (C=O) groups excluding carboxylic acids is 1. The molecular weight excluding hydrogens is 246 g/mol. The van der Waals surface area contributed by atoms with E-state index in [0.717, 1.165) is 6.42 Å². The summed E-state index contributed by atoms with van der Waals surface area (Å²) in [6.07, 6.45) is 0.373. The summed E-state index contributed by atoms with van der Waals surface area (Å²) < 4.78 is 5.30. The van der Waals surface area contributed by atoms with Gasteiger partial charge in [0.15, 0.2) is 6.10 Å². The van der Waals surface area contributed by atoms with Crippen molar-refractivity contribution in [3.05, 3.63) is 0 Å². The molecule has 1 heterocycles. The van der Waals surface area contributed by atoms with E-state index in [1.54, 1.807) is 11.8 Å². The number of carboxylic acids is 1. The van der Waals surface area contributed by atoms with Crippen molar-refractivity contribution in [1.29, 1.82) is 0 Å². The van der Waals surface area contributed by atoms with Crippen LogP contribution in [0.4, 0.5) is 0 Å². The summed E-state index contributed by atoms with van der Waals surface area (Å²) in [6, 6.07) is 0. The zero-order valence-electron chi connectivity index (χ0n) is 12.3. The maximum absolute atomic E-state index is 12.2. The number of amides is 1. The molecule has 2 unspecified atom stereocenters. The SMILES string of the molecule is CC(C)CC(C)CC(=O)N1CC(C(=O)O)O[C@H](C)C1. The van der Waals surface area contributed by atoms with E-state index in [1.165, 1.54) is 0 Å². The van der Waals surface area contributed by atoms with Crippen molar-refractivity contribution in [3.63, 3.8) is 0 Å². The molecule has 0 aromatic rings. The van der Waals surface area contributed by atoms with Crippen LogP contribution >= 0.6 is 0 Å². The Morgan fingerprint density at radius 3 is 2.47 bits per heavy atom. The Kier molecular flexibility index (Phi) is 5.79. The van der Waals surface area contributed by atoms with Crippen molar-refractivity contribution in [3.8, 4) is 0 Å². The average Bonchev–Trinajstić information content (AvgIpc) is 2.26. The van der Waals surface area contributed by atoms with E-state index in [1.807, 2.05) is 0 Å². The highest BCUT2D eigenvalue weighted by molar-refractivity contribution is 5.78. The van der Waals surface area contributed by atoms with Crippen LogP contribution in [0.15, 0.2) is 0 Å². The Labute approximate surface area is 114 Å². The molecule has 0 radical (unpaired) electrons. The lowest BCUT2D eigenvalue weighted by atomic mass is 9.95. The molecule has 1 saturated heterocycles. The van der Waals surface area contributed by atoms with E-state index < -0.39 is 12.1 Å². The van der Waals surface area contributed by atoms with Crippen LogP contribution in [0.3, 0.4) is 0 Å². The molecule has 1 rings (SSSR count). The first-order valence-corrected chi connectivity index (χ1v) is 6.95. The minimum atomic E-state index is -1.00. The molecule has 0 saturated carbocycles. The summed E-state index contributed by atoms with van der Waals surface area (Å²) in [7, 11) is 0. The van der Waals surface area contributed by atoms with Crippen LogP contribution < -0.4 is 0 Å². The largest absolute Gasteiger partial charge is 0.479 e. The van der Waals surface area contributed by atoms with Gasteiger partial charge in [0.25, 0.3) is 0 Å². The first-order chi connectivity index (χ1) is 8.79. The molecule has 0 aromatic carbocycles. The standard InChI is InChI=1S/C14H25NO4/c1-9(2)5-10(3)6-13(16)15-7-11(4)19-12(8-15)14(17)18/h9-12H,5-8H2,1-4H3,(H,17,18)/t10?,11-,12?/m1/s1. The van der Waals surface area contributed by atoms with Gasteiger partial charge in [0.1, 0.15) is 0 Å². The number of aliphatic carboxylic acids is 1. The maximum Gasteiger partial charge on any atom is 0.334 e. The molecular formula is C14H25NO4. The van der Waals surface area contributed by atoms with E-state index in [4.69, 9.17) is 9.84 Å². The summed E-state index contributed by atoms with van der Waals surface area (Å²) in [5.41, 5.74) is 0. The summed E-state index contributed by atoms with van der Waals surface area (Å²) >= 11 is 0. The molecule has 110 valence electrons. The predicted octanol–water partition coefficient (Wildman–Crippen LogP) is 1.76. The van der Waals surface area contributed by atoms with Gasteiger partial charge in [-0.3, -0.25) is 4.79 Å². The Morgan fingerprint density at radius 1 is 1.32 bits per heavy atom. The molecule has 0 bridgehead atoms. The van der Waals surface area contributed by atoms with Crippen LogP contribution in [-0.4, -0.2) is 47.2 Å². The van der Waals surface area contributed by atoms with Crippen molar-refractivity contribution in [2.24, 2.45) is 11.8 Å². The number of carboxylic acid groups (broad SMARTS) is 1. The van der Waals surface area contributed by atoms with E-state index in [2.05, 4.69) is 20.8 Å². The molecule has 1 amide bonds. The van der Waals surface area contributed by atoms with Crippen molar-refractivity contribution in [2.75, 3.05) is 13.1 Å². The number of carbonyl (C=O) groups is 2. The average molecular weight is 271 g/mol. The first-order valence-electron chi connectivity index (χ1n) is 6.95. The van der Waals surface area contributed by atoms with Crippen LogP contribution in [0.1, 0.15) is 40.5 Å². The molecule has 19 heavy (non-hydrogen) atoms. The van der Waals surface area contributed by atoms with Crippen LogP contribution in [0.2, 0.25) is 0 Å². The van der Waals surface area contributed by atoms with E-state index in [9.17, 15) is 9.59 Å². The van der Waals surface area contributed by atoms with Crippen LogP contribution in [0.5, 0.6) is 0 Å². The summed E-state index contributed by atoms with van der Waals surface area (Å²) in [4.78, 5) is 24.8. The zero-order valence-corrected chi connectivity index (χ0v) is 12.3. The lowest BCUT2D eigenvalue weighted by Gasteiger charge is -2.35. The molecule has 5 nitrogen and oxygen atoms in total. The van der Waals surface area contributed by atoms with Crippen LogP contribution in [-0.2, 0) is 14.3 Å². The highest BCUT2D eigenvalue weighted by Gasteiger charge is 2.32.